The van der Waals surface area contributed by atoms with Gasteiger partial charge in [0.2, 0.25) is 0 Å². The molecule has 4 nitrogen and oxygen atoms in total. The minimum absolute atomic E-state index is 0.0628. The first-order valence-corrected chi connectivity index (χ1v) is 8.40. The molecule has 1 aliphatic rings. The van der Waals surface area contributed by atoms with Gasteiger partial charge in [-0.3, -0.25) is 4.79 Å². The first-order chi connectivity index (χ1) is 12.6. The Hall–Kier alpha value is -3.21. The third-order valence-electron chi connectivity index (χ3n) is 4.54. The molecule has 130 valence electrons. The normalized spacial score (nSPS) is 12.3. The Morgan fingerprint density at radius 1 is 1.15 bits per heavy atom. The van der Waals surface area contributed by atoms with Crippen LogP contribution in [-0.4, -0.2) is 18.5 Å². The van der Waals surface area contributed by atoms with Crippen LogP contribution in [0.1, 0.15) is 38.8 Å². The van der Waals surface area contributed by atoms with Crippen molar-refractivity contribution in [3.05, 3.63) is 76.6 Å². The summed E-state index contributed by atoms with van der Waals surface area (Å²) in [4.78, 5) is 23.9. The second-order valence-corrected chi connectivity index (χ2v) is 6.17. The maximum absolute atomic E-state index is 13.9. The highest BCUT2D eigenvalue weighted by Crippen LogP contribution is 2.35. The minimum Gasteiger partial charge on any atom is -0.462 e. The second kappa shape index (κ2) is 6.26. The molecule has 4 rings (SSSR count). The molecule has 0 unspecified atom stereocenters. The lowest BCUT2D eigenvalue weighted by atomic mass is 9.95. The van der Waals surface area contributed by atoms with Crippen molar-refractivity contribution in [2.75, 3.05) is 11.9 Å². The molecule has 1 aliphatic heterocycles. The average Bonchev–Trinajstić information content (AvgIpc) is 2.96. The van der Waals surface area contributed by atoms with Gasteiger partial charge in [0.25, 0.3) is 5.91 Å². The molecule has 0 radical (unpaired) electrons. The zero-order valence-corrected chi connectivity index (χ0v) is 14.1. The molecule has 0 bridgehead atoms. The zero-order valence-electron chi connectivity index (χ0n) is 14.1. The standard InChI is InChI=1S/C21H16FNO3/c1-2-26-21(25)16-11-12(6-9-17(16)22)10-13-7-8-15-19-14(13)4-3-5-18(19)23-20(15)24/h3-9,11H,2,10H2,1H3,(H,23,24). The molecule has 0 saturated carbocycles. The van der Waals surface area contributed by atoms with Gasteiger partial charge in [0.05, 0.1) is 12.2 Å². The summed E-state index contributed by atoms with van der Waals surface area (Å²) in [6, 6.07) is 13.9. The number of carbonyl (C=O) groups excluding carboxylic acids is 2. The van der Waals surface area contributed by atoms with Gasteiger partial charge in [-0.05, 0) is 54.1 Å². The fourth-order valence-corrected chi connectivity index (χ4v) is 3.37. The molecule has 26 heavy (non-hydrogen) atoms. The summed E-state index contributed by atoms with van der Waals surface area (Å²) in [7, 11) is 0. The van der Waals surface area contributed by atoms with Crippen LogP contribution in [0.2, 0.25) is 0 Å². The van der Waals surface area contributed by atoms with E-state index in [1.165, 1.54) is 12.1 Å². The van der Waals surface area contributed by atoms with Gasteiger partial charge in [-0.2, -0.15) is 0 Å². The predicted molar refractivity (Wildman–Crippen MR) is 97.1 cm³/mol. The van der Waals surface area contributed by atoms with Crippen molar-refractivity contribution in [2.45, 2.75) is 13.3 Å². The number of hydrogen-bond acceptors (Lipinski definition) is 3. The first-order valence-electron chi connectivity index (χ1n) is 8.40. The van der Waals surface area contributed by atoms with E-state index >= 15 is 0 Å². The van der Waals surface area contributed by atoms with Crippen LogP contribution in [0.25, 0.3) is 10.8 Å². The van der Waals surface area contributed by atoms with Crippen molar-refractivity contribution in [2.24, 2.45) is 0 Å². The third kappa shape index (κ3) is 2.62. The lowest BCUT2D eigenvalue weighted by Crippen LogP contribution is -2.08. The van der Waals surface area contributed by atoms with E-state index in [1.54, 1.807) is 19.1 Å². The van der Waals surface area contributed by atoms with Crippen molar-refractivity contribution in [1.29, 1.82) is 0 Å². The van der Waals surface area contributed by atoms with Gasteiger partial charge >= 0.3 is 5.97 Å². The molecular formula is C21H16FNO3. The van der Waals surface area contributed by atoms with Crippen LogP contribution in [0, 0.1) is 5.82 Å². The van der Waals surface area contributed by atoms with E-state index < -0.39 is 11.8 Å². The summed E-state index contributed by atoms with van der Waals surface area (Å²) in [6.07, 6.45) is 0.515. The van der Waals surface area contributed by atoms with E-state index in [-0.39, 0.29) is 18.1 Å². The second-order valence-electron chi connectivity index (χ2n) is 6.17. The van der Waals surface area contributed by atoms with E-state index in [1.807, 2.05) is 24.3 Å². The van der Waals surface area contributed by atoms with Crippen LogP contribution in [0.4, 0.5) is 10.1 Å². The maximum atomic E-state index is 13.9. The van der Waals surface area contributed by atoms with Crippen molar-refractivity contribution in [3.8, 4) is 0 Å². The minimum atomic E-state index is -0.665. The number of anilines is 1. The largest absolute Gasteiger partial charge is 0.462 e. The van der Waals surface area contributed by atoms with Crippen molar-refractivity contribution in [1.82, 2.24) is 0 Å². The molecule has 3 aromatic carbocycles. The summed E-state index contributed by atoms with van der Waals surface area (Å²) in [5, 5.41) is 4.74. The topological polar surface area (TPSA) is 55.4 Å². The molecule has 0 fully saturated rings. The quantitative estimate of drug-likeness (QED) is 0.714. The fraction of sp³-hybridized carbons (Fsp3) is 0.143. The zero-order chi connectivity index (χ0) is 18.3. The number of rotatable bonds is 4. The Balaban J connectivity index is 1.75. The van der Waals surface area contributed by atoms with Crippen molar-refractivity contribution < 1.29 is 18.7 Å². The molecule has 0 saturated heterocycles. The molecule has 1 heterocycles. The number of benzene rings is 3. The lowest BCUT2D eigenvalue weighted by Gasteiger charge is -2.10. The third-order valence-corrected chi connectivity index (χ3v) is 4.54. The van der Waals surface area contributed by atoms with Gasteiger partial charge in [-0.15, -0.1) is 0 Å². The molecule has 0 aliphatic carbocycles. The van der Waals surface area contributed by atoms with Gasteiger partial charge in [-0.25, -0.2) is 9.18 Å². The molecule has 1 N–H and O–H groups in total. The van der Waals surface area contributed by atoms with Gasteiger partial charge in [0.15, 0.2) is 0 Å². The number of nitrogens with one attached hydrogen (secondary N) is 1. The van der Waals surface area contributed by atoms with Crippen LogP contribution >= 0.6 is 0 Å². The van der Waals surface area contributed by atoms with Crippen molar-refractivity contribution >= 4 is 28.3 Å². The highest BCUT2D eigenvalue weighted by atomic mass is 19.1. The summed E-state index contributed by atoms with van der Waals surface area (Å²) in [5.74, 6) is -1.36. The predicted octanol–water partition coefficient (Wildman–Crippen LogP) is 4.31. The van der Waals surface area contributed by atoms with Crippen LogP contribution in [-0.2, 0) is 11.2 Å². The van der Waals surface area contributed by atoms with Gasteiger partial charge in [0.1, 0.15) is 5.82 Å². The molecule has 5 heteroatoms. The number of ether oxygens (including phenoxy) is 1. The number of esters is 1. The molecule has 0 aromatic heterocycles. The SMILES string of the molecule is CCOC(=O)c1cc(Cc2ccc3c4c(cccc24)NC3=O)ccc1F. The highest BCUT2D eigenvalue weighted by Gasteiger charge is 2.22. The summed E-state index contributed by atoms with van der Waals surface area (Å²) >= 11 is 0. The number of carbonyl (C=O) groups is 2. The van der Waals surface area contributed by atoms with Gasteiger partial charge in [0, 0.05) is 16.6 Å². The van der Waals surface area contributed by atoms with Crippen LogP contribution in [0.15, 0.2) is 48.5 Å². The summed E-state index contributed by atoms with van der Waals surface area (Å²) in [5.41, 5.74) is 3.20. The van der Waals surface area contributed by atoms with Crippen molar-refractivity contribution in [3.63, 3.8) is 0 Å². The molecule has 0 spiro atoms. The lowest BCUT2D eigenvalue weighted by molar-refractivity contribution is 0.0520. The van der Waals surface area contributed by atoms with E-state index in [0.29, 0.717) is 12.0 Å². The van der Waals surface area contributed by atoms with Crippen LogP contribution in [0.3, 0.4) is 0 Å². The van der Waals surface area contributed by atoms with E-state index in [2.05, 4.69) is 5.32 Å². The first kappa shape index (κ1) is 16.3. The molecule has 1 amide bonds. The Bertz CT molecular complexity index is 1060. The Morgan fingerprint density at radius 2 is 2.00 bits per heavy atom. The molecular weight excluding hydrogens is 333 g/mol. The Morgan fingerprint density at radius 3 is 2.81 bits per heavy atom. The average molecular weight is 349 g/mol. The van der Waals surface area contributed by atoms with E-state index in [0.717, 1.165) is 27.6 Å². The molecule has 3 aromatic rings. The Kier molecular flexibility index (Phi) is 3.92. The van der Waals surface area contributed by atoms with Crippen LogP contribution in [0.5, 0.6) is 0 Å². The highest BCUT2D eigenvalue weighted by molar-refractivity contribution is 6.24. The monoisotopic (exact) mass is 349 g/mol. The maximum Gasteiger partial charge on any atom is 0.341 e. The number of hydrogen-bond donors (Lipinski definition) is 1. The number of halogens is 1. The smallest absolute Gasteiger partial charge is 0.341 e. The van der Waals surface area contributed by atoms with Crippen LogP contribution < -0.4 is 5.32 Å². The number of amides is 1. The fourth-order valence-electron chi connectivity index (χ4n) is 3.37. The van der Waals surface area contributed by atoms with E-state index in [4.69, 9.17) is 4.74 Å². The Labute approximate surface area is 149 Å². The van der Waals surface area contributed by atoms with Gasteiger partial charge < -0.3 is 10.1 Å². The van der Waals surface area contributed by atoms with E-state index in [9.17, 15) is 14.0 Å². The van der Waals surface area contributed by atoms with Gasteiger partial charge in [-0.1, -0.05) is 24.3 Å². The molecule has 0 atom stereocenters. The summed E-state index contributed by atoms with van der Waals surface area (Å²) < 4.78 is 18.9. The summed E-state index contributed by atoms with van der Waals surface area (Å²) in [6.45, 7) is 1.88.